The van der Waals surface area contributed by atoms with Gasteiger partial charge in [-0.25, -0.2) is 0 Å². The zero-order chi connectivity index (χ0) is 20.1. The first-order valence-corrected chi connectivity index (χ1v) is 10.8. The number of halogens is 1. The van der Waals surface area contributed by atoms with Crippen LogP contribution in [0, 0.1) is 0 Å². The van der Waals surface area contributed by atoms with E-state index in [-0.39, 0.29) is 17.8 Å². The Morgan fingerprint density at radius 3 is 2.86 bits per heavy atom. The molecule has 0 radical (unpaired) electrons. The van der Waals surface area contributed by atoms with E-state index >= 15 is 0 Å². The average Bonchev–Trinajstić information content (AvgIpc) is 3.49. The Morgan fingerprint density at radius 1 is 1.28 bits per heavy atom. The van der Waals surface area contributed by atoms with Gasteiger partial charge in [-0.1, -0.05) is 23.4 Å². The van der Waals surface area contributed by atoms with Gasteiger partial charge < -0.3 is 14.5 Å². The van der Waals surface area contributed by atoms with Crippen molar-refractivity contribution in [2.45, 2.75) is 30.6 Å². The topological polar surface area (TPSA) is 82.2 Å². The zero-order valence-electron chi connectivity index (χ0n) is 15.7. The maximum atomic E-state index is 12.2. The van der Waals surface area contributed by atoms with E-state index in [2.05, 4.69) is 15.5 Å². The van der Waals surface area contributed by atoms with E-state index in [1.165, 1.54) is 11.8 Å². The molecule has 152 valence electrons. The highest BCUT2D eigenvalue weighted by Crippen LogP contribution is 2.26. The number of thioether (sulfide) groups is 1. The third-order valence-corrected chi connectivity index (χ3v) is 5.82. The number of ether oxygens (including phenoxy) is 1. The van der Waals surface area contributed by atoms with Crippen molar-refractivity contribution < 1.29 is 13.9 Å². The highest BCUT2D eigenvalue weighted by Gasteiger charge is 2.19. The van der Waals surface area contributed by atoms with Gasteiger partial charge in [-0.2, -0.15) is 0 Å². The van der Waals surface area contributed by atoms with E-state index in [9.17, 15) is 4.79 Å². The maximum absolute atomic E-state index is 12.2. The number of hydrogen-bond donors (Lipinski definition) is 1. The van der Waals surface area contributed by atoms with Crippen molar-refractivity contribution in [3.8, 4) is 11.4 Å². The summed E-state index contributed by atoms with van der Waals surface area (Å²) >= 11 is 7.35. The van der Waals surface area contributed by atoms with Gasteiger partial charge in [-0.3, -0.25) is 9.36 Å². The molecule has 0 spiro atoms. The van der Waals surface area contributed by atoms with Gasteiger partial charge in [0, 0.05) is 23.7 Å². The number of rotatable bonds is 8. The fourth-order valence-electron chi connectivity index (χ4n) is 3.12. The second-order valence-corrected chi connectivity index (χ2v) is 8.09. The molecule has 1 unspecified atom stereocenters. The van der Waals surface area contributed by atoms with Crippen molar-refractivity contribution in [2.24, 2.45) is 0 Å². The predicted octanol–water partition coefficient (Wildman–Crippen LogP) is 3.63. The van der Waals surface area contributed by atoms with Crippen LogP contribution in [0.3, 0.4) is 0 Å². The van der Waals surface area contributed by atoms with Crippen LogP contribution in [0.2, 0.25) is 5.02 Å². The van der Waals surface area contributed by atoms with E-state index in [0.29, 0.717) is 29.1 Å². The van der Waals surface area contributed by atoms with E-state index in [0.717, 1.165) is 30.8 Å². The van der Waals surface area contributed by atoms with Crippen LogP contribution in [0.25, 0.3) is 11.4 Å². The van der Waals surface area contributed by atoms with Crippen LogP contribution in [0.1, 0.15) is 18.6 Å². The Morgan fingerprint density at radius 2 is 2.14 bits per heavy atom. The summed E-state index contributed by atoms with van der Waals surface area (Å²) < 4.78 is 13.0. The molecule has 1 fully saturated rings. The summed E-state index contributed by atoms with van der Waals surface area (Å²) in [6.07, 6.45) is 3.81. The molecule has 0 saturated carbocycles. The molecule has 3 aromatic rings. The minimum absolute atomic E-state index is 0.0499. The van der Waals surface area contributed by atoms with Gasteiger partial charge in [0.15, 0.2) is 11.0 Å². The van der Waals surface area contributed by atoms with Crippen molar-refractivity contribution in [1.29, 1.82) is 0 Å². The van der Waals surface area contributed by atoms with Crippen LogP contribution in [-0.4, -0.2) is 45.7 Å². The fraction of sp³-hybridized carbons (Fsp3) is 0.350. The first kappa shape index (κ1) is 20.0. The van der Waals surface area contributed by atoms with Crippen molar-refractivity contribution in [1.82, 2.24) is 20.1 Å². The molecule has 1 saturated heterocycles. The maximum Gasteiger partial charge on any atom is 0.230 e. The first-order chi connectivity index (χ1) is 14.2. The molecule has 0 bridgehead atoms. The largest absolute Gasteiger partial charge is 0.467 e. The van der Waals surface area contributed by atoms with Crippen LogP contribution < -0.4 is 5.32 Å². The van der Waals surface area contributed by atoms with Crippen LogP contribution >= 0.6 is 23.4 Å². The average molecular weight is 433 g/mol. The quantitative estimate of drug-likeness (QED) is 0.547. The lowest BCUT2D eigenvalue weighted by Gasteiger charge is -2.11. The molecule has 7 nitrogen and oxygen atoms in total. The van der Waals surface area contributed by atoms with Crippen molar-refractivity contribution in [3.63, 3.8) is 0 Å². The summed E-state index contributed by atoms with van der Waals surface area (Å²) in [6.45, 7) is 1.80. The van der Waals surface area contributed by atoms with Gasteiger partial charge in [0.25, 0.3) is 0 Å². The highest BCUT2D eigenvalue weighted by molar-refractivity contribution is 7.99. The number of amides is 1. The number of aromatic nitrogens is 3. The summed E-state index contributed by atoms with van der Waals surface area (Å²) in [5.74, 6) is 1.68. The zero-order valence-corrected chi connectivity index (χ0v) is 17.3. The standard InChI is InChI=1S/C20H21ClN4O3S/c21-15-7-5-14(6-8-15)19-23-24-20(25(19)12-17-4-2-10-28-17)29-13-18(26)22-11-16-3-1-9-27-16/h2,4-8,10,16H,1,3,9,11-13H2,(H,22,26). The molecule has 1 aliphatic rings. The van der Waals surface area contributed by atoms with Crippen molar-refractivity contribution in [2.75, 3.05) is 18.9 Å². The molecule has 1 aromatic carbocycles. The molecule has 0 aliphatic carbocycles. The van der Waals surface area contributed by atoms with E-state index < -0.39 is 0 Å². The van der Waals surface area contributed by atoms with Gasteiger partial charge in [-0.15, -0.1) is 10.2 Å². The Bertz CT molecular complexity index is 937. The van der Waals surface area contributed by atoms with Gasteiger partial charge in [0.1, 0.15) is 5.76 Å². The molecule has 1 amide bonds. The molecule has 9 heteroatoms. The SMILES string of the molecule is O=C(CSc1nnc(-c2ccc(Cl)cc2)n1Cc1ccco1)NCC1CCCO1. The highest BCUT2D eigenvalue weighted by atomic mass is 35.5. The van der Waals surface area contributed by atoms with Crippen molar-refractivity contribution >= 4 is 29.3 Å². The summed E-state index contributed by atoms with van der Waals surface area (Å²) in [5, 5.41) is 12.9. The molecule has 4 rings (SSSR count). The number of furan rings is 1. The number of nitrogens with zero attached hydrogens (tertiary/aromatic N) is 3. The molecule has 1 aliphatic heterocycles. The Balaban J connectivity index is 1.46. The second-order valence-electron chi connectivity index (χ2n) is 6.71. The lowest BCUT2D eigenvalue weighted by Crippen LogP contribution is -2.32. The Labute approximate surface area is 177 Å². The fourth-order valence-corrected chi connectivity index (χ4v) is 4.02. The molecule has 1 N–H and O–H groups in total. The monoisotopic (exact) mass is 432 g/mol. The Kier molecular flexibility index (Phi) is 6.53. The number of benzene rings is 1. The first-order valence-electron chi connectivity index (χ1n) is 9.41. The van der Waals surface area contributed by atoms with E-state index in [1.807, 2.05) is 41.0 Å². The molecule has 1 atom stereocenters. The minimum atomic E-state index is -0.0499. The molecular formula is C20H21ClN4O3S. The number of carbonyl (C=O) groups is 1. The van der Waals surface area contributed by atoms with Gasteiger partial charge in [0.05, 0.1) is 24.7 Å². The third-order valence-electron chi connectivity index (χ3n) is 4.60. The van der Waals surface area contributed by atoms with Crippen LogP contribution in [-0.2, 0) is 16.1 Å². The van der Waals surface area contributed by atoms with Crippen LogP contribution in [0.15, 0.2) is 52.2 Å². The van der Waals surface area contributed by atoms with Gasteiger partial charge >= 0.3 is 0 Å². The molecule has 29 heavy (non-hydrogen) atoms. The smallest absolute Gasteiger partial charge is 0.230 e. The number of hydrogen-bond acceptors (Lipinski definition) is 6. The van der Waals surface area contributed by atoms with E-state index in [1.54, 1.807) is 6.26 Å². The minimum Gasteiger partial charge on any atom is -0.467 e. The lowest BCUT2D eigenvalue weighted by molar-refractivity contribution is -0.119. The van der Waals surface area contributed by atoms with Gasteiger partial charge in [-0.05, 0) is 49.2 Å². The molecule has 2 aromatic heterocycles. The van der Waals surface area contributed by atoms with E-state index in [4.69, 9.17) is 20.8 Å². The lowest BCUT2D eigenvalue weighted by atomic mass is 10.2. The van der Waals surface area contributed by atoms with Gasteiger partial charge in [0.2, 0.25) is 5.91 Å². The predicted molar refractivity (Wildman–Crippen MR) is 111 cm³/mol. The summed E-state index contributed by atoms with van der Waals surface area (Å²) in [6, 6.07) is 11.2. The van der Waals surface area contributed by atoms with Crippen LogP contribution in [0.4, 0.5) is 0 Å². The summed E-state index contributed by atoms with van der Waals surface area (Å²) in [7, 11) is 0. The number of nitrogens with one attached hydrogen (secondary N) is 1. The summed E-state index contributed by atoms with van der Waals surface area (Å²) in [4.78, 5) is 12.2. The molecule has 3 heterocycles. The Hall–Kier alpha value is -2.29. The normalized spacial score (nSPS) is 16.2. The summed E-state index contributed by atoms with van der Waals surface area (Å²) in [5.41, 5.74) is 0.892. The number of carbonyl (C=O) groups excluding carboxylic acids is 1. The van der Waals surface area contributed by atoms with Crippen LogP contribution in [0.5, 0.6) is 0 Å². The second kappa shape index (κ2) is 9.47. The third kappa shape index (κ3) is 5.20. The van der Waals surface area contributed by atoms with Crippen molar-refractivity contribution in [3.05, 3.63) is 53.4 Å². The molecular weight excluding hydrogens is 412 g/mol.